The third-order valence-corrected chi connectivity index (χ3v) is 4.99. The molecule has 1 saturated heterocycles. The first-order valence-electron chi connectivity index (χ1n) is 9.50. The van der Waals surface area contributed by atoms with Crippen molar-refractivity contribution < 1.29 is 4.79 Å². The zero-order chi connectivity index (χ0) is 18.4. The monoisotopic (exact) mass is 356 g/mol. The maximum absolute atomic E-state index is 12.4. The Morgan fingerprint density at radius 1 is 1.35 bits per heavy atom. The number of piperidine rings is 1. The molecule has 1 fully saturated rings. The van der Waals surface area contributed by atoms with Gasteiger partial charge in [0.25, 0.3) is 5.91 Å². The molecule has 140 valence electrons. The van der Waals surface area contributed by atoms with Gasteiger partial charge in [-0.3, -0.25) is 19.4 Å². The van der Waals surface area contributed by atoms with E-state index >= 15 is 0 Å². The molecule has 26 heavy (non-hydrogen) atoms. The van der Waals surface area contributed by atoms with Crippen LogP contribution in [0.3, 0.4) is 0 Å². The summed E-state index contributed by atoms with van der Waals surface area (Å²) in [5, 5.41) is 8.27. The molecule has 0 saturated carbocycles. The van der Waals surface area contributed by atoms with Gasteiger partial charge in [0.05, 0.1) is 6.20 Å². The van der Waals surface area contributed by atoms with Crippen LogP contribution in [-0.2, 0) is 13.1 Å². The zero-order valence-electron chi connectivity index (χ0n) is 15.7. The Morgan fingerprint density at radius 3 is 2.92 bits per heavy atom. The Labute approximate surface area is 155 Å². The molecule has 1 aliphatic heterocycles. The summed E-state index contributed by atoms with van der Waals surface area (Å²) in [5.74, 6) is 0.488. The summed E-state index contributed by atoms with van der Waals surface area (Å²) in [6.07, 6.45) is 7.91. The molecule has 2 aromatic heterocycles. The highest BCUT2D eigenvalue weighted by atomic mass is 16.2. The highest BCUT2D eigenvalue weighted by molar-refractivity contribution is 5.91. The molecule has 1 amide bonds. The van der Waals surface area contributed by atoms with Crippen molar-refractivity contribution in [3.63, 3.8) is 0 Å². The molecule has 0 bridgehead atoms. The standard InChI is InChI=1S/C19H28N6O/c1-3-24(4-2)19(26)18-15-25(22-21-18)14-17-8-6-10-23(13-17)12-16-7-5-9-20-11-16/h5,7,9,11,15,17H,3-4,6,8,10,12-14H2,1-2H3/t17-/m1/s1. The first-order valence-corrected chi connectivity index (χ1v) is 9.50. The van der Waals surface area contributed by atoms with Crippen molar-refractivity contribution in [1.29, 1.82) is 0 Å². The highest BCUT2D eigenvalue weighted by Gasteiger charge is 2.22. The summed E-state index contributed by atoms with van der Waals surface area (Å²) in [4.78, 5) is 20.8. The van der Waals surface area contributed by atoms with Gasteiger partial charge in [0.1, 0.15) is 0 Å². The number of likely N-dealkylation sites (tertiary alicyclic amines) is 1. The van der Waals surface area contributed by atoms with Crippen molar-refractivity contribution in [2.24, 2.45) is 5.92 Å². The smallest absolute Gasteiger partial charge is 0.276 e. The number of rotatable bonds is 7. The molecule has 2 aromatic rings. The average molecular weight is 356 g/mol. The van der Waals surface area contributed by atoms with Gasteiger partial charge in [0.2, 0.25) is 0 Å². The first-order chi connectivity index (χ1) is 12.7. The molecule has 0 radical (unpaired) electrons. The van der Waals surface area contributed by atoms with Crippen LogP contribution in [-0.4, -0.2) is 61.9 Å². The van der Waals surface area contributed by atoms with Crippen molar-refractivity contribution in [3.05, 3.63) is 42.0 Å². The van der Waals surface area contributed by atoms with Crippen LogP contribution in [0, 0.1) is 5.92 Å². The predicted octanol–water partition coefficient (Wildman–Crippen LogP) is 2.07. The largest absolute Gasteiger partial charge is 0.338 e. The topological polar surface area (TPSA) is 67.2 Å². The molecule has 0 aliphatic carbocycles. The Kier molecular flexibility index (Phi) is 6.33. The summed E-state index contributed by atoms with van der Waals surface area (Å²) in [6, 6.07) is 4.11. The maximum Gasteiger partial charge on any atom is 0.276 e. The number of nitrogens with zero attached hydrogens (tertiary/aromatic N) is 6. The lowest BCUT2D eigenvalue weighted by Gasteiger charge is -2.32. The van der Waals surface area contributed by atoms with E-state index in [1.54, 1.807) is 11.1 Å². The summed E-state index contributed by atoms with van der Waals surface area (Å²) in [5.41, 5.74) is 1.69. The van der Waals surface area contributed by atoms with Crippen LogP contribution in [0.25, 0.3) is 0 Å². The fourth-order valence-corrected chi connectivity index (χ4v) is 3.62. The van der Waals surface area contributed by atoms with E-state index in [0.717, 1.165) is 26.2 Å². The van der Waals surface area contributed by atoms with Crippen LogP contribution in [0.15, 0.2) is 30.7 Å². The SMILES string of the molecule is CCN(CC)C(=O)c1cn(C[C@@H]2CCCN(Cc3cccnc3)C2)nn1. The normalized spacial score (nSPS) is 18.0. The van der Waals surface area contributed by atoms with E-state index in [2.05, 4.69) is 26.3 Å². The first kappa shape index (κ1) is 18.5. The van der Waals surface area contributed by atoms with Crippen molar-refractivity contribution >= 4 is 5.91 Å². The lowest BCUT2D eigenvalue weighted by molar-refractivity contribution is 0.0767. The fraction of sp³-hybridized carbons (Fsp3) is 0.579. The molecule has 0 aromatic carbocycles. The molecule has 0 spiro atoms. The van der Waals surface area contributed by atoms with Crippen molar-refractivity contribution in [3.8, 4) is 0 Å². The zero-order valence-corrected chi connectivity index (χ0v) is 15.7. The Balaban J connectivity index is 1.56. The fourth-order valence-electron chi connectivity index (χ4n) is 3.62. The van der Waals surface area contributed by atoms with Gasteiger partial charge in [-0.1, -0.05) is 11.3 Å². The second-order valence-corrected chi connectivity index (χ2v) is 6.91. The quantitative estimate of drug-likeness (QED) is 0.760. The van der Waals surface area contributed by atoms with E-state index in [1.165, 1.54) is 18.4 Å². The molecule has 0 unspecified atom stereocenters. The van der Waals surface area contributed by atoms with Gasteiger partial charge in [0, 0.05) is 45.1 Å². The molecular formula is C19H28N6O. The summed E-state index contributed by atoms with van der Waals surface area (Å²) < 4.78 is 1.83. The lowest BCUT2D eigenvalue weighted by Crippen LogP contribution is -2.36. The second kappa shape index (κ2) is 8.89. The van der Waals surface area contributed by atoms with Gasteiger partial charge in [-0.2, -0.15) is 0 Å². The number of hydrogen-bond acceptors (Lipinski definition) is 5. The molecule has 3 heterocycles. The lowest BCUT2D eigenvalue weighted by atomic mass is 9.97. The predicted molar refractivity (Wildman–Crippen MR) is 99.5 cm³/mol. The molecule has 1 aliphatic rings. The molecule has 0 N–H and O–H groups in total. The average Bonchev–Trinajstić information content (AvgIpc) is 3.12. The van der Waals surface area contributed by atoms with Gasteiger partial charge in [0.15, 0.2) is 5.69 Å². The minimum atomic E-state index is -0.0388. The van der Waals surface area contributed by atoms with Crippen LogP contribution in [0.4, 0.5) is 0 Å². The van der Waals surface area contributed by atoms with Crippen molar-refractivity contribution in [2.45, 2.75) is 39.8 Å². The second-order valence-electron chi connectivity index (χ2n) is 6.91. The van der Waals surface area contributed by atoms with Gasteiger partial charge >= 0.3 is 0 Å². The number of hydrogen-bond donors (Lipinski definition) is 0. The molecule has 7 heteroatoms. The van der Waals surface area contributed by atoms with E-state index in [4.69, 9.17) is 0 Å². The van der Waals surface area contributed by atoms with E-state index in [1.807, 2.05) is 37.0 Å². The number of carbonyl (C=O) groups excluding carboxylic acids is 1. The Bertz CT molecular complexity index is 697. The molecule has 7 nitrogen and oxygen atoms in total. The van der Waals surface area contributed by atoms with E-state index in [0.29, 0.717) is 24.7 Å². The summed E-state index contributed by atoms with van der Waals surface area (Å²) in [7, 11) is 0. The van der Waals surface area contributed by atoms with Crippen LogP contribution < -0.4 is 0 Å². The summed E-state index contributed by atoms with van der Waals surface area (Å²) in [6.45, 7) is 9.23. The van der Waals surface area contributed by atoms with E-state index in [9.17, 15) is 4.79 Å². The molecular weight excluding hydrogens is 328 g/mol. The van der Waals surface area contributed by atoms with E-state index < -0.39 is 0 Å². The Morgan fingerprint density at radius 2 is 2.19 bits per heavy atom. The Hall–Kier alpha value is -2.28. The third-order valence-electron chi connectivity index (χ3n) is 4.99. The number of aromatic nitrogens is 4. The summed E-state index contributed by atoms with van der Waals surface area (Å²) >= 11 is 0. The van der Waals surface area contributed by atoms with Crippen LogP contribution in [0.2, 0.25) is 0 Å². The number of carbonyl (C=O) groups is 1. The molecule has 3 rings (SSSR count). The molecule has 1 atom stereocenters. The highest BCUT2D eigenvalue weighted by Crippen LogP contribution is 2.20. The van der Waals surface area contributed by atoms with Gasteiger partial charge in [-0.05, 0) is 50.8 Å². The van der Waals surface area contributed by atoms with Gasteiger partial charge < -0.3 is 4.90 Å². The van der Waals surface area contributed by atoms with Gasteiger partial charge in [-0.15, -0.1) is 5.10 Å². The van der Waals surface area contributed by atoms with Crippen molar-refractivity contribution in [1.82, 2.24) is 29.8 Å². The third kappa shape index (κ3) is 4.66. The minimum absolute atomic E-state index is 0.0388. The van der Waals surface area contributed by atoms with Crippen LogP contribution >= 0.6 is 0 Å². The van der Waals surface area contributed by atoms with Crippen LogP contribution in [0.1, 0.15) is 42.7 Å². The van der Waals surface area contributed by atoms with Gasteiger partial charge in [-0.25, -0.2) is 0 Å². The van der Waals surface area contributed by atoms with Crippen LogP contribution in [0.5, 0.6) is 0 Å². The maximum atomic E-state index is 12.4. The number of pyridine rings is 1. The van der Waals surface area contributed by atoms with E-state index in [-0.39, 0.29) is 5.91 Å². The number of amides is 1. The van der Waals surface area contributed by atoms with Crippen molar-refractivity contribution in [2.75, 3.05) is 26.2 Å². The minimum Gasteiger partial charge on any atom is -0.338 e.